The molecule has 4 fully saturated rings. The number of ether oxygens (including phenoxy) is 4. The Bertz CT molecular complexity index is 2910. The maximum atomic E-state index is 15.6. The van der Waals surface area contributed by atoms with Crippen LogP contribution in [0.2, 0.25) is 10.0 Å². The van der Waals surface area contributed by atoms with Crippen LogP contribution >= 0.6 is 38.7 Å². The van der Waals surface area contributed by atoms with Gasteiger partial charge in [-0.3, -0.25) is 47.0 Å². The molecule has 4 aliphatic rings. The highest BCUT2D eigenvalue weighted by molar-refractivity contribution is 7.55. The van der Waals surface area contributed by atoms with E-state index in [1.807, 2.05) is 0 Å². The lowest BCUT2D eigenvalue weighted by Gasteiger charge is -2.30. The number of hydrogen-bond acceptors (Lipinski definition) is 18. The Balaban J connectivity index is 0.000000224. The van der Waals surface area contributed by atoms with Gasteiger partial charge in [0.2, 0.25) is 12.5 Å². The number of benzene rings is 2. The van der Waals surface area contributed by atoms with Crippen LogP contribution in [0.15, 0.2) is 82.6 Å². The van der Waals surface area contributed by atoms with Gasteiger partial charge in [-0.15, -0.1) is 0 Å². The number of aliphatic hydroxyl groups is 2. The first kappa shape index (κ1) is 56.9. The van der Waals surface area contributed by atoms with Gasteiger partial charge >= 0.3 is 50.7 Å². The number of rotatable bonds is 14. The van der Waals surface area contributed by atoms with E-state index in [1.165, 1.54) is 13.8 Å². The van der Waals surface area contributed by atoms with Crippen molar-refractivity contribution in [1.29, 1.82) is 0 Å². The Labute approximate surface area is 428 Å². The molecular weight excluding hydrogens is 1080 g/mol. The fraction of sp³-hybridized carbons (Fsp3) is 0.500. The van der Waals surface area contributed by atoms with Crippen molar-refractivity contribution in [2.75, 3.05) is 36.6 Å². The number of nitrogens with one attached hydrogen (secondary N) is 2. The molecule has 0 aliphatic carbocycles. The van der Waals surface area contributed by atoms with Crippen molar-refractivity contribution in [3.8, 4) is 0 Å². The Morgan fingerprint density at radius 2 is 1.22 bits per heavy atom. The lowest BCUT2D eigenvalue weighted by Crippen LogP contribution is -2.45. The summed E-state index contributed by atoms with van der Waals surface area (Å²) in [6.45, 7) is 4.67. The minimum atomic E-state index is -4.02. The van der Waals surface area contributed by atoms with Crippen molar-refractivity contribution in [2.24, 2.45) is 11.8 Å². The molecule has 74 heavy (non-hydrogen) atoms. The number of carbonyl (C=O) groups excluding carboxylic acids is 2. The Morgan fingerprint density at radius 3 is 1.64 bits per heavy atom. The second kappa shape index (κ2) is 23.2. The Hall–Kier alpha value is -4.82. The largest absolute Gasteiger partial charge is 0.463 e. The number of carbonyl (C=O) groups is 2. The summed E-state index contributed by atoms with van der Waals surface area (Å²) < 4.78 is 129. The first-order valence-corrected chi connectivity index (χ1v) is 26.5. The summed E-state index contributed by atoms with van der Waals surface area (Å²) in [5.41, 5.74) is -1.02. The fourth-order valence-corrected chi connectivity index (χ4v) is 11.0. The molecule has 10 atom stereocenters. The first-order valence-electron chi connectivity index (χ1n) is 22.7. The number of anilines is 2. The maximum absolute atomic E-state index is 15.6. The molecule has 4 unspecified atom stereocenters. The van der Waals surface area contributed by atoms with Crippen LogP contribution in [0.3, 0.4) is 0 Å². The van der Waals surface area contributed by atoms with Crippen LogP contribution in [0.25, 0.3) is 0 Å². The van der Waals surface area contributed by atoms with Crippen LogP contribution in [-0.4, -0.2) is 104 Å². The average molecular weight is 1130 g/mol. The van der Waals surface area contributed by atoms with Crippen LogP contribution < -0.4 is 21.6 Å². The number of aromatic nitrogens is 4. The van der Waals surface area contributed by atoms with Crippen molar-refractivity contribution in [3.05, 3.63) is 115 Å². The van der Waals surface area contributed by atoms with Gasteiger partial charge in [-0.1, -0.05) is 75.2 Å². The average Bonchev–Trinajstić information content (AvgIpc) is 3.72. The molecule has 4 aliphatic heterocycles. The van der Waals surface area contributed by atoms with E-state index in [9.17, 15) is 42.2 Å². The Morgan fingerprint density at radius 1 is 0.757 bits per heavy atom. The summed E-state index contributed by atoms with van der Waals surface area (Å²) in [6.07, 6.45) is -10.6. The molecule has 4 aromatic rings. The Kier molecular flexibility index (Phi) is 17.8. The zero-order chi connectivity index (χ0) is 53.9. The number of hydrogen-bond donors (Lipinski definition) is 4. The molecule has 2 aromatic heterocycles. The van der Waals surface area contributed by atoms with Gasteiger partial charge in [-0.05, 0) is 47.5 Å². The third kappa shape index (κ3) is 13.0. The second-order valence-electron chi connectivity index (χ2n) is 17.6. The summed E-state index contributed by atoms with van der Waals surface area (Å²) in [5, 5.41) is 24.5. The van der Waals surface area contributed by atoms with Crippen molar-refractivity contribution in [1.82, 2.24) is 19.1 Å². The van der Waals surface area contributed by atoms with Gasteiger partial charge in [-0.2, -0.15) is 27.5 Å². The summed E-state index contributed by atoms with van der Waals surface area (Å²) in [4.78, 5) is 56.7. The van der Waals surface area contributed by atoms with Crippen LogP contribution in [-0.2, 0) is 55.8 Å². The lowest BCUT2D eigenvalue weighted by atomic mass is 10.1. The van der Waals surface area contributed by atoms with Crippen molar-refractivity contribution >= 4 is 62.3 Å². The predicted molar refractivity (Wildman–Crippen MR) is 252 cm³/mol. The molecule has 0 saturated carbocycles. The van der Waals surface area contributed by atoms with Crippen LogP contribution in [0.1, 0.15) is 76.3 Å². The SMILES string of the molecule is CC(C)C(=O)OC[C@H]1O[C@@H](n2ccc(NP3(=O)OCCC(c4cccc(Cl)c4)O3)nc2=O)C(F)(F)[C@H]1OC(=O)C(C)C.O=c1nc(NP2(=O)OCCC(c3cccc(Cl)c3)O2)ccn1[C@@H]1O[C@H](CO)[C@H](O)C1(F)F. The van der Waals surface area contributed by atoms with Crippen LogP contribution in [0, 0.1) is 11.8 Å². The zero-order valence-electron chi connectivity index (χ0n) is 39.5. The van der Waals surface area contributed by atoms with E-state index in [0.29, 0.717) is 43.1 Å². The molecule has 30 heteroatoms. The van der Waals surface area contributed by atoms with Gasteiger partial charge < -0.3 is 29.2 Å². The highest BCUT2D eigenvalue weighted by Gasteiger charge is 2.63. The number of aliphatic hydroxyl groups excluding tert-OH is 2. The number of esters is 2. The fourth-order valence-electron chi connectivity index (χ4n) is 7.59. The molecule has 4 N–H and O–H groups in total. The van der Waals surface area contributed by atoms with Gasteiger partial charge in [0.05, 0.1) is 43.9 Å². The van der Waals surface area contributed by atoms with Crippen LogP contribution in [0.4, 0.5) is 29.2 Å². The third-order valence-corrected chi connectivity index (χ3v) is 15.0. The predicted octanol–water partition coefficient (Wildman–Crippen LogP) is 7.38. The smallest absolute Gasteiger partial charge is 0.434 e. The van der Waals surface area contributed by atoms with Crippen molar-refractivity contribution in [3.63, 3.8) is 0 Å². The van der Waals surface area contributed by atoms with E-state index >= 15 is 8.78 Å². The summed E-state index contributed by atoms with van der Waals surface area (Å²) in [7, 11) is -7.96. The molecule has 8 rings (SSSR count). The summed E-state index contributed by atoms with van der Waals surface area (Å²) >= 11 is 12.0. The van der Waals surface area contributed by atoms with E-state index in [-0.39, 0.29) is 24.8 Å². The van der Waals surface area contributed by atoms with Gasteiger partial charge in [0.1, 0.15) is 30.5 Å². The van der Waals surface area contributed by atoms with Gasteiger partial charge in [-0.25, -0.2) is 18.7 Å². The molecular formula is C44H50Cl2F4N6O16P2. The molecule has 0 spiro atoms. The lowest BCUT2D eigenvalue weighted by molar-refractivity contribution is -0.180. The monoisotopic (exact) mass is 1130 g/mol. The van der Waals surface area contributed by atoms with E-state index in [1.54, 1.807) is 62.4 Å². The van der Waals surface area contributed by atoms with E-state index < -0.39 is 125 Å². The maximum Gasteiger partial charge on any atom is 0.434 e. The van der Waals surface area contributed by atoms with Gasteiger partial charge in [0.25, 0.3) is 0 Å². The van der Waals surface area contributed by atoms with E-state index in [2.05, 4.69) is 20.1 Å². The minimum Gasteiger partial charge on any atom is -0.463 e. The number of nitrogens with zero attached hydrogens (tertiary/aromatic N) is 4. The second-order valence-corrected chi connectivity index (χ2v) is 21.8. The van der Waals surface area contributed by atoms with E-state index in [0.717, 1.165) is 24.5 Å². The first-order chi connectivity index (χ1) is 34.8. The van der Waals surface area contributed by atoms with Gasteiger partial charge in [0.15, 0.2) is 12.2 Å². The normalized spacial score (nSPS) is 29.3. The highest BCUT2D eigenvalue weighted by Crippen LogP contribution is 2.57. The number of halogens is 6. The summed E-state index contributed by atoms with van der Waals surface area (Å²) in [6, 6.07) is 15.8. The topological polar surface area (TPSA) is 276 Å². The van der Waals surface area contributed by atoms with E-state index in [4.69, 9.17) is 65.4 Å². The molecule has 0 bridgehead atoms. The third-order valence-electron chi connectivity index (χ3n) is 11.4. The molecule has 404 valence electrons. The minimum absolute atomic E-state index is 0.0555. The van der Waals surface area contributed by atoms with Crippen LogP contribution in [0.5, 0.6) is 0 Å². The molecule has 0 amide bonds. The molecule has 4 saturated heterocycles. The molecule has 0 radical (unpaired) electrons. The van der Waals surface area contributed by atoms with Gasteiger partial charge in [0, 0.05) is 35.3 Å². The number of alkyl halides is 4. The molecule has 2 aromatic carbocycles. The summed E-state index contributed by atoms with van der Waals surface area (Å²) in [5.74, 6) is -11.2. The quantitative estimate of drug-likeness (QED) is 0.0544. The zero-order valence-corrected chi connectivity index (χ0v) is 42.8. The van der Waals surface area contributed by atoms with Crippen molar-refractivity contribution < 1.29 is 83.5 Å². The van der Waals surface area contributed by atoms with Crippen molar-refractivity contribution in [2.45, 2.75) is 101 Å². The molecule has 22 nitrogen and oxygen atoms in total. The molecule has 6 heterocycles. The standard InChI is InChI=1S/C26H31ClF2N3O9P.C18H19ClF2N3O7P/c1-14(2)22(33)37-13-19-21(40-23(34)15(3)4)26(28,29)24(39-19)32-10-8-20(30-25(32)35)31-42(36)38-11-9-18(41-42)16-6-5-7-17(27)12-16;19-11-3-1-2-10(8-11)12-5-7-29-32(28,31-12)23-14-4-6-24(17(27)22-14)16-18(20,21)15(26)13(9-25)30-16/h5-8,10,12,14-15,18-19,21,24H,9,11,13H2,1-4H3,(H,30,31,35,36);1-4,6,8,12-13,15-16,25-26H,5,7,9H2,(H,22,23,27,28)/t18?,19-,21+,24-,42?;12?,13-,15+,16-,32?/m11/s1. The highest BCUT2D eigenvalue weighted by atomic mass is 35.5.